The Balaban J connectivity index is 1.79. The molecule has 0 aliphatic heterocycles. The minimum absolute atomic E-state index is 0.438. The number of para-hydroxylation sites is 1. The Hall–Kier alpha value is -2.04. The number of hydrogen-bond acceptors (Lipinski definition) is 2. The van der Waals surface area contributed by atoms with E-state index < -0.39 is 11.1 Å². The predicted molar refractivity (Wildman–Crippen MR) is 84.6 cm³/mol. The van der Waals surface area contributed by atoms with Crippen LogP contribution < -0.4 is 0 Å². The lowest BCUT2D eigenvalue weighted by molar-refractivity contribution is 0.564. The largest absolute Gasteiger partial charge is 0.302 e. The van der Waals surface area contributed by atoms with Gasteiger partial charge < -0.3 is 4.55 Å². The molecule has 0 saturated heterocycles. The summed E-state index contributed by atoms with van der Waals surface area (Å²) in [4.78, 5) is 4.80. The highest BCUT2D eigenvalue weighted by atomic mass is 32.2. The van der Waals surface area contributed by atoms with Gasteiger partial charge >= 0.3 is 0 Å². The van der Waals surface area contributed by atoms with Crippen LogP contribution in [-0.2, 0) is 23.9 Å². The van der Waals surface area contributed by atoms with E-state index in [2.05, 4.69) is 17.1 Å². The van der Waals surface area contributed by atoms with Crippen molar-refractivity contribution in [2.45, 2.75) is 17.7 Å². The first-order chi connectivity index (χ1) is 10.2. The SMILES string of the molecule is O=S(O)c1ccc(CCc2ccnc3ccccc23)cc1. The van der Waals surface area contributed by atoms with Crippen LogP contribution in [0.25, 0.3) is 10.9 Å². The first kappa shape index (κ1) is 13.9. The second kappa shape index (κ2) is 6.16. The van der Waals surface area contributed by atoms with E-state index in [1.54, 1.807) is 12.1 Å². The van der Waals surface area contributed by atoms with Gasteiger partial charge in [0.25, 0.3) is 0 Å². The Bertz CT molecular complexity index is 779. The summed E-state index contributed by atoms with van der Waals surface area (Å²) >= 11 is -1.90. The molecular weight excluding hydrogens is 282 g/mol. The third-order valence-electron chi connectivity index (χ3n) is 3.55. The molecule has 1 N–H and O–H groups in total. The lowest BCUT2D eigenvalue weighted by atomic mass is 10.0. The van der Waals surface area contributed by atoms with Crippen LogP contribution in [0.1, 0.15) is 11.1 Å². The standard InChI is InChI=1S/C17H15NO2S/c19-21(20)15-9-6-13(7-10-15)5-8-14-11-12-18-17-4-2-1-3-16(14)17/h1-4,6-7,9-12H,5,8H2,(H,19,20). The maximum absolute atomic E-state index is 10.9. The topological polar surface area (TPSA) is 50.2 Å². The number of aryl methyl sites for hydroxylation is 2. The van der Waals surface area contributed by atoms with Crippen molar-refractivity contribution in [2.24, 2.45) is 0 Å². The third kappa shape index (κ3) is 3.17. The van der Waals surface area contributed by atoms with Crippen LogP contribution in [0.15, 0.2) is 65.7 Å². The van der Waals surface area contributed by atoms with Crippen LogP contribution in [0, 0.1) is 0 Å². The zero-order valence-electron chi connectivity index (χ0n) is 11.4. The molecule has 3 aromatic rings. The Morgan fingerprint density at radius 1 is 0.952 bits per heavy atom. The van der Waals surface area contributed by atoms with Gasteiger partial charge in [-0.2, -0.15) is 0 Å². The number of rotatable bonds is 4. The second-order valence-electron chi connectivity index (χ2n) is 4.88. The van der Waals surface area contributed by atoms with E-state index in [4.69, 9.17) is 4.55 Å². The van der Waals surface area contributed by atoms with Gasteiger partial charge in [0.1, 0.15) is 0 Å². The van der Waals surface area contributed by atoms with Gasteiger partial charge in [0, 0.05) is 11.6 Å². The highest BCUT2D eigenvalue weighted by Crippen LogP contribution is 2.18. The molecule has 0 amide bonds. The average molecular weight is 297 g/mol. The summed E-state index contributed by atoms with van der Waals surface area (Å²) in [6.07, 6.45) is 3.66. The molecular formula is C17H15NO2S. The maximum Gasteiger partial charge on any atom is 0.186 e. The van der Waals surface area contributed by atoms with E-state index in [9.17, 15) is 4.21 Å². The van der Waals surface area contributed by atoms with Crippen LogP contribution in [0.2, 0.25) is 0 Å². The molecule has 0 aliphatic carbocycles. The van der Waals surface area contributed by atoms with Crippen molar-refractivity contribution in [2.75, 3.05) is 0 Å². The summed E-state index contributed by atoms with van der Waals surface area (Å²) in [6, 6.07) is 17.4. The fourth-order valence-corrected chi connectivity index (χ4v) is 2.79. The molecule has 2 aromatic carbocycles. The number of nitrogens with zero attached hydrogens (tertiary/aromatic N) is 1. The molecule has 0 fully saturated rings. The van der Waals surface area contributed by atoms with Crippen molar-refractivity contribution in [3.8, 4) is 0 Å². The average Bonchev–Trinajstić information content (AvgIpc) is 2.53. The van der Waals surface area contributed by atoms with Gasteiger partial charge in [-0.15, -0.1) is 0 Å². The zero-order chi connectivity index (χ0) is 14.7. The van der Waals surface area contributed by atoms with Crippen LogP contribution in [-0.4, -0.2) is 13.7 Å². The lowest BCUT2D eigenvalue weighted by Gasteiger charge is -2.06. The van der Waals surface area contributed by atoms with Gasteiger partial charge in [0.15, 0.2) is 11.1 Å². The van der Waals surface area contributed by atoms with E-state index in [1.807, 2.05) is 36.5 Å². The van der Waals surface area contributed by atoms with Crippen molar-refractivity contribution < 1.29 is 8.76 Å². The molecule has 0 aliphatic rings. The molecule has 0 radical (unpaired) electrons. The first-order valence-electron chi connectivity index (χ1n) is 6.76. The molecule has 1 unspecified atom stereocenters. The summed E-state index contributed by atoms with van der Waals surface area (Å²) in [5.41, 5.74) is 3.45. The van der Waals surface area contributed by atoms with E-state index in [0.717, 1.165) is 23.9 Å². The summed E-state index contributed by atoms with van der Waals surface area (Å²) < 4.78 is 19.9. The molecule has 0 bridgehead atoms. The van der Waals surface area contributed by atoms with Crippen LogP contribution in [0.5, 0.6) is 0 Å². The van der Waals surface area contributed by atoms with Crippen LogP contribution >= 0.6 is 0 Å². The summed E-state index contributed by atoms with van der Waals surface area (Å²) in [7, 11) is 0. The quantitative estimate of drug-likeness (QED) is 0.749. The smallest absolute Gasteiger partial charge is 0.186 e. The molecule has 0 saturated carbocycles. The fraction of sp³-hybridized carbons (Fsp3) is 0.118. The van der Waals surface area contributed by atoms with Gasteiger partial charge in [-0.05, 0) is 48.2 Å². The second-order valence-corrected chi connectivity index (χ2v) is 5.85. The normalized spacial score (nSPS) is 12.4. The molecule has 3 rings (SSSR count). The van der Waals surface area contributed by atoms with Gasteiger partial charge in [-0.3, -0.25) is 4.98 Å². The first-order valence-corrected chi connectivity index (χ1v) is 7.87. The van der Waals surface area contributed by atoms with Crippen LogP contribution in [0.3, 0.4) is 0 Å². The van der Waals surface area contributed by atoms with Crippen molar-refractivity contribution in [1.29, 1.82) is 0 Å². The molecule has 3 nitrogen and oxygen atoms in total. The highest BCUT2D eigenvalue weighted by Gasteiger charge is 2.03. The van der Waals surface area contributed by atoms with Crippen molar-refractivity contribution in [1.82, 2.24) is 4.98 Å². The monoisotopic (exact) mass is 297 g/mol. The highest BCUT2D eigenvalue weighted by molar-refractivity contribution is 7.79. The summed E-state index contributed by atoms with van der Waals surface area (Å²) in [5, 5.41) is 1.19. The van der Waals surface area contributed by atoms with Gasteiger partial charge in [0.05, 0.1) is 10.4 Å². The number of hydrogen-bond donors (Lipinski definition) is 1. The molecule has 1 aromatic heterocycles. The fourth-order valence-electron chi connectivity index (χ4n) is 2.42. The van der Waals surface area contributed by atoms with Crippen molar-refractivity contribution >= 4 is 22.0 Å². The number of fused-ring (bicyclic) bond motifs is 1. The number of pyridine rings is 1. The maximum atomic E-state index is 10.9. The molecule has 1 heterocycles. The van der Waals surface area contributed by atoms with Crippen molar-refractivity contribution in [3.63, 3.8) is 0 Å². The molecule has 0 spiro atoms. The van der Waals surface area contributed by atoms with E-state index in [0.29, 0.717) is 4.90 Å². The summed E-state index contributed by atoms with van der Waals surface area (Å²) in [6.45, 7) is 0. The Kier molecular flexibility index (Phi) is 4.08. The molecule has 21 heavy (non-hydrogen) atoms. The van der Waals surface area contributed by atoms with Gasteiger partial charge in [-0.1, -0.05) is 30.3 Å². The van der Waals surface area contributed by atoms with Crippen molar-refractivity contribution in [3.05, 3.63) is 71.9 Å². The minimum atomic E-state index is -1.90. The lowest BCUT2D eigenvalue weighted by Crippen LogP contribution is -1.95. The molecule has 106 valence electrons. The molecule has 4 heteroatoms. The predicted octanol–water partition coefficient (Wildman–Crippen LogP) is 3.60. The Morgan fingerprint density at radius 3 is 2.48 bits per heavy atom. The van der Waals surface area contributed by atoms with Crippen LogP contribution in [0.4, 0.5) is 0 Å². The van der Waals surface area contributed by atoms with Gasteiger partial charge in [0.2, 0.25) is 0 Å². The number of benzene rings is 2. The summed E-state index contributed by atoms with van der Waals surface area (Å²) in [5.74, 6) is 0. The van der Waals surface area contributed by atoms with E-state index in [1.165, 1.54) is 10.9 Å². The molecule has 1 atom stereocenters. The van der Waals surface area contributed by atoms with E-state index in [-0.39, 0.29) is 0 Å². The minimum Gasteiger partial charge on any atom is -0.302 e. The number of aromatic nitrogens is 1. The zero-order valence-corrected chi connectivity index (χ0v) is 12.2. The third-order valence-corrected chi connectivity index (χ3v) is 4.22. The van der Waals surface area contributed by atoms with E-state index >= 15 is 0 Å². The van der Waals surface area contributed by atoms with Gasteiger partial charge in [-0.25, -0.2) is 4.21 Å². The Morgan fingerprint density at radius 2 is 1.71 bits per heavy atom. The Labute approximate surface area is 125 Å².